The van der Waals surface area contributed by atoms with E-state index in [1.165, 1.54) is 19.3 Å². The Hall–Kier alpha value is -3.85. The van der Waals surface area contributed by atoms with Gasteiger partial charge in [-0.25, -0.2) is 4.99 Å². The molecule has 3 aromatic rings. The van der Waals surface area contributed by atoms with Crippen molar-refractivity contribution in [1.82, 2.24) is 5.32 Å². The largest absolute Gasteiger partial charge is 0.494 e. The minimum absolute atomic E-state index is 0.0634. The van der Waals surface area contributed by atoms with E-state index in [0.29, 0.717) is 54.0 Å². The zero-order valence-electron chi connectivity index (χ0n) is 24.0. The van der Waals surface area contributed by atoms with Gasteiger partial charge in [0.25, 0.3) is 5.91 Å². The molecular formula is C33H36BrN5O4. The van der Waals surface area contributed by atoms with E-state index < -0.39 is 11.6 Å². The number of nitrogens with zero attached hydrogens (tertiary/aromatic N) is 4. The minimum Gasteiger partial charge on any atom is -0.494 e. The maximum Gasteiger partial charge on any atom is 0.252 e. The number of carbonyl (C=O) groups is 1. The van der Waals surface area contributed by atoms with Crippen LogP contribution in [0.4, 0.5) is 5.69 Å². The predicted octanol–water partition coefficient (Wildman–Crippen LogP) is 7.35. The van der Waals surface area contributed by atoms with Gasteiger partial charge >= 0.3 is 0 Å². The van der Waals surface area contributed by atoms with Gasteiger partial charge in [0.15, 0.2) is 11.6 Å². The van der Waals surface area contributed by atoms with Crippen LogP contribution in [0.2, 0.25) is 0 Å². The van der Waals surface area contributed by atoms with E-state index in [4.69, 9.17) is 19.6 Å². The average Bonchev–Trinajstić information content (AvgIpc) is 3.42. The number of aliphatic hydroxyl groups is 1. The molecule has 0 saturated heterocycles. The molecule has 10 heteroatoms. The van der Waals surface area contributed by atoms with Crippen LogP contribution >= 0.6 is 15.9 Å². The van der Waals surface area contributed by atoms with Crippen LogP contribution in [0.25, 0.3) is 10.4 Å². The Morgan fingerprint density at radius 2 is 1.84 bits per heavy atom. The molecular weight excluding hydrogens is 610 g/mol. The molecule has 0 bridgehead atoms. The number of halogens is 1. The second-order valence-corrected chi connectivity index (χ2v) is 12.0. The molecule has 43 heavy (non-hydrogen) atoms. The molecule has 1 fully saturated rings. The van der Waals surface area contributed by atoms with Crippen molar-refractivity contribution in [1.29, 1.82) is 0 Å². The normalized spacial score (nSPS) is 20.0. The van der Waals surface area contributed by atoms with Crippen LogP contribution in [-0.4, -0.2) is 42.2 Å². The second-order valence-electron chi connectivity index (χ2n) is 11.0. The number of aliphatic imine (C=N–C) groups is 1. The molecule has 224 valence electrons. The summed E-state index contributed by atoms with van der Waals surface area (Å²) < 4.78 is 13.2. The Labute approximate surface area is 260 Å². The molecule has 1 amide bonds. The molecule has 0 radical (unpaired) electrons. The lowest BCUT2D eigenvalue weighted by Crippen LogP contribution is -2.51. The van der Waals surface area contributed by atoms with Gasteiger partial charge < -0.3 is 19.9 Å². The summed E-state index contributed by atoms with van der Waals surface area (Å²) in [5, 5.41) is 16.2. The van der Waals surface area contributed by atoms with Crippen molar-refractivity contribution in [2.45, 2.75) is 56.6 Å². The molecule has 1 aliphatic heterocycles. The number of amides is 1. The van der Waals surface area contributed by atoms with Crippen molar-refractivity contribution in [3.05, 3.63) is 104 Å². The summed E-state index contributed by atoms with van der Waals surface area (Å²) in [6, 6.07) is 22.4. The number of nitrogens with one attached hydrogen (secondary N) is 1. The van der Waals surface area contributed by atoms with Gasteiger partial charge in [-0.2, -0.15) is 0 Å². The fourth-order valence-corrected chi connectivity index (χ4v) is 6.06. The van der Waals surface area contributed by atoms with Gasteiger partial charge in [0.05, 0.1) is 6.61 Å². The standard InChI is InChI=1S/C33H36BrN5O4/c34-27-15-11-24(12-16-27)30-33(21-26-9-4-5-10-29(26)38-39-35,32(41)36-22-23-7-2-1-3-8-23)37-31(43-30)25-13-17-28(18-14-25)42-20-6-19-40/h4-5,9-18,23,30,40H,1-3,6-8,19-22H2,(H,36,41)/t30-,33-/m1/s1. The number of hydrogen-bond acceptors (Lipinski definition) is 6. The molecule has 2 atom stereocenters. The van der Waals surface area contributed by atoms with E-state index in [0.717, 1.165) is 22.9 Å². The molecule has 0 aromatic heterocycles. The Kier molecular flexibility index (Phi) is 10.4. The van der Waals surface area contributed by atoms with Crippen molar-refractivity contribution in [3.63, 3.8) is 0 Å². The first-order valence-corrected chi connectivity index (χ1v) is 15.6. The maximum atomic E-state index is 14.5. The van der Waals surface area contributed by atoms with Crippen LogP contribution in [-0.2, 0) is 16.0 Å². The van der Waals surface area contributed by atoms with Crippen LogP contribution in [0.3, 0.4) is 0 Å². The van der Waals surface area contributed by atoms with Crippen molar-refractivity contribution in [2.24, 2.45) is 16.0 Å². The Bertz CT molecular complexity index is 1470. The molecule has 1 heterocycles. The summed E-state index contributed by atoms with van der Waals surface area (Å²) in [6.45, 7) is 1.05. The molecule has 3 aromatic carbocycles. The van der Waals surface area contributed by atoms with Gasteiger partial charge in [-0.05, 0) is 71.8 Å². The highest BCUT2D eigenvalue weighted by atomic mass is 79.9. The zero-order valence-corrected chi connectivity index (χ0v) is 25.6. The first-order valence-electron chi connectivity index (χ1n) is 14.8. The number of benzene rings is 3. The highest BCUT2D eigenvalue weighted by Gasteiger charge is 2.53. The summed E-state index contributed by atoms with van der Waals surface area (Å²) >= 11 is 3.52. The molecule has 0 spiro atoms. The van der Waals surface area contributed by atoms with Crippen molar-refractivity contribution < 1.29 is 19.4 Å². The topological polar surface area (TPSA) is 129 Å². The third kappa shape index (κ3) is 7.39. The van der Waals surface area contributed by atoms with E-state index >= 15 is 0 Å². The van der Waals surface area contributed by atoms with Crippen LogP contribution in [0, 0.1) is 5.92 Å². The average molecular weight is 647 g/mol. The number of rotatable bonds is 12. The van der Waals surface area contributed by atoms with Gasteiger partial charge in [0.1, 0.15) is 5.75 Å². The molecule has 5 rings (SSSR count). The van der Waals surface area contributed by atoms with Gasteiger partial charge in [0, 0.05) is 46.6 Å². The SMILES string of the molecule is [N-]=[N+]=Nc1ccccc1C[C@@]1(C(=O)NCC2CCCCC2)N=C(c2ccc(OCCCO)cc2)O[C@@H]1c1ccc(Br)cc1. The third-order valence-corrected chi connectivity index (χ3v) is 8.61. The van der Waals surface area contributed by atoms with Gasteiger partial charge in [-0.1, -0.05) is 76.7 Å². The van der Waals surface area contributed by atoms with Crippen LogP contribution in [0.1, 0.15) is 61.3 Å². The zero-order chi connectivity index (χ0) is 30.1. The van der Waals surface area contributed by atoms with E-state index in [1.807, 2.05) is 60.7 Å². The lowest BCUT2D eigenvalue weighted by Gasteiger charge is -2.32. The molecule has 1 saturated carbocycles. The van der Waals surface area contributed by atoms with E-state index in [2.05, 4.69) is 31.3 Å². The highest BCUT2D eigenvalue weighted by Crippen LogP contribution is 2.44. The Morgan fingerprint density at radius 3 is 2.56 bits per heavy atom. The second kappa shape index (κ2) is 14.6. The van der Waals surface area contributed by atoms with Gasteiger partial charge in [-0.15, -0.1) is 0 Å². The molecule has 1 aliphatic carbocycles. The number of hydrogen-bond donors (Lipinski definition) is 2. The quantitative estimate of drug-likeness (QED) is 0.0923. The lowest BCUT2D eigenvalue weighted by atomic mass is 9.81. The van der Waals surface area contributed by atoms with Crippen LogP contribution in [0.15, 0.2) is 87.4 Å². The van der Waals surface area contributed by atoms with E-state index in [-0.39, 0.29) is 18.9 Å². The number of carbonyl (C=O) groups excluding carboxylic acids is 1. The summed E-state index contributed by atoms with van der Waals surface area (Å²) in [6.07, 6.45) is 5.77. The maximum absolute atomic E-state index is 14.5. The summed E-state index contributed by atoms with van der Waals surface area (Å²) in [4.78, 5) is 22.6. The van der Waals surface area contributed by atoms with E-state index in [9.17, 15) is 10.3 Å². The monoisotopic (exact) mass is 645 g/mol. The van der Waals surface area contributed by atoms with Crippen LogP contribution in [0.5, 0.6) is 5.75 Å². The summed E-state index contributed by atoms with van der Waals surface area (Å²) in [5.74, 6) is 1.23. The van der Waals surface area contributed by atoms with Crippen molar-refractivity contribution in [3.8, 4) is 5.75 Å². The predicted molar refractivity (Wildman–Crippen MR) is 169 cm³/mol. The summed E-state index contributed by atoms with van der Waals surface area (Å²) in [5.41, 5.74) is 10.5. The third-order valence-electron chi connectivity index (χ3n) is 8.08. The minimum atomic E-state index is -1.37. The van der Waals surface area contributed by atoms with Gasteiger partial charge in [-0.3, -0.25) is 4.79 Å². The first-order chi connectivity index (χ1) is 21.0. The molecule has 2 N–H and O–H groups in total. The fraction of sp³-hybridized carbons (Fsp3) is 0.394. The number of azide groups is 1. The fourth-order valence-electron chi connectivity index (χ4n) is 5.80. The van der Waals surface area contributed by atoms with E-state index in [1.54, 1.807) is 12.1 Å². The Morgan fingerprint density at radius 1 is 1.09 bits per heavy atom. The Balaban J connectivity index is 1.56. The molecule has 0 unspecified atom stereocenters. The lowest BCUT2D eigenvalue weighted by molar-refractivity contribution is -0.129. The smallest absolute Gasteiger partial charge is 0.252 e. The first kappa shape index (κ1) is 30.6. The van der Waals surface area contributed by atoms with Crippen LogP contribution < -0.4 is 10.1 Å². The number of aliphatic hydroxyl groups excluding tert-OH is 1. The highest BCUT2D eigenvalue weighted by molar-refractivity contribution is 9.10. The summed E-state index contributed by atoms with van der Waals surface area (Å²) in [7, 11) is 0. The molecule has 2 aliphatic rings. The van der Waals surface area contributed by atoms with Crippen molar-refractivity contribution >= 4 is 33.4 Å². The number of ether oxygens (including phenoxy) is 2. The van der Waals surface area contributed by atoms with Crippen molar-refractivity contribution in [2.75, 3.05) is 19.8 Å². The van der Waals surface area contributed by atoms with Gasteiger partial charge in [0.2, 0.25) is 5.90 Å². The molecule has 9 nitrogen and oxygen atoms in total.